The number of ether oxygens (including phenoxy) is 2. The summed E-state index contributed by atoms with van der Waals surface area (Å²) in [5.74, 6) is 2.98. The number of hydrogen-bond donors (Lipinski definition) is 3. The number of anilines is 3. The summed E-state index contributed by atoms with van der Waals surface area (Å²) in [7, 11) is 0. The summed E-state index contributed by atoms with van der Waals surface area (Å²) in [5.41, 5.74) is 0.879. The van der Waals surface area contributed by atoms with E-state index in [1.165, 1.54) is 6.33 Å². The standard InChI is InChI=1S/C17H20N4O3/c22-13-4-1-11(2-5-13)20-16-8-17(19-9-18-16)21-12-3-6-14-15(7-12)24-10-23-14/h3,6-9,11,13,22H,1-2,4-5,10H2,(H2,18,19,20,21). The fourth-order valence-corrected chi connectivity index (χ4v) is 3.06. The molecule has 0 saturated heterocycles. The van der Waals surface area contributed by atoms with E-state index in [2.05, 4.69) is 20.6 Å². The summed E-state index contributed by atoms with van der Waals surface area (Å²) in [6.45, 7) is 0.260. The Labute approximate surface area is 140 Å². The van der Waals surface area contributed by atoms with Crippen LogP contribution < -0.4 is 20.1 Å². The zero-order valence-corrected chi connectivity index (χ0v) is 13.2. The predicted molar refractivity (Wildman–Crippen MR) is 89.8 cm³/mol. The van der Waals surface area contributed by atoms with E-state index in [-0.39, 0.29) is 12.9 Å². The first kappa shape index (κ1) is 15.0. The zero-order chi connectivity index (χ0) is 16.4. The molecule has 0 spiro atoms. The quantitative estimate of drug-likeness (QED) is 0.795. The number of rotatable bonds is 4. The molecule has 0 amide bonds. The number of fused-ring (bicyclic) bond motifs is 1. The molecule has 0 atom stereocenters. The number of nitrogens with zero attached hydrogens (tertiary/aromatic N) is 2. The number of aliphatic hydroxyl groups is 1. The van der Waals surface area contributed by atoms with Gasteiger partial charge in [0, 0.05) is 23.9 Å². The smallest absolute Gasteiger partial charge is 0.231 e. The normalized spacial score (nSPS) is 22.2. The molecule has 0 unspecified atom stereocenters. The number of benzene rings is 1. The van der Waals surface area contributed by atoms with E-state index in [9.17, 15) is 5.11 Å². The van der Waals surface area contributed by atoms with Gasteiger partial charge in [0.25, 0.3) is 0 Å². The number of nitrogens with one attached hydrogen (secondary N) is 2. The number of aromatic nitrogens is 2. The highest BCUT2D eigenvalue weighted by molar-refractivity contribution is 5.63. The van der Waals surface area contributed by atoms with Crippen molar-refractivity contribution >= 4 is 17.3 Å². The molecule has 1 aromatic carbocycles. The van der Waals surface area contributed by atoms with Crippen molar-refractivity contribution < 1.29 is 14.6 Å². The first-order valence-electron chi connectivity index (χ1n) is 8.19. The highest BCUT2D eigenvalue weighted by Gasteiger charge is 2.19. The molecular formula is C17H20N4O3. The summed E-state index contributed by atoms with van der Waals surface area (Å²) < 4.78 is 10.7. The second-order valence-electron chi connectivity index (χ2n) is 6.13. The third-order valence-electron chi connectivity index (χ3n) is 4.36. The first-order chi connectivity index (χ1) is 11.8. The fourth-order valence-electron chi connectivity index (χ4n) is 3.06. The van der Waals surface area contributed by atoms with Crippen molar-refractivity contribution in [3.8, 4) is 11.5 Å². The molecule has 1 saturated carbocycles. The van der Waals surface area contributed by atoms with Crippen LogP contribution in [-0.2, 0) is 0 Å². The van der Waals surface area contributed by atoms with Crippen LogP contribution in [0.2, 0.25) is 0 Å². The predicted octanol–water partition coefficient (Wildman–Crippen LogP) is 2.66. The molecular weight excluding hydrogens is 308 g/mol. The van der Waals surface area contributed by atoms with Crippen LogP contribution in [0.15, 0.2) is 30.6 Å². The minimum atomic E-state index is -0.156. The largest absolute Gasteiger partial charge is 0.454 e. The molecule has 4 rings (SSSR count). The van der Waals surface area contributed by atoms with Crippen molar-refractivity contribution in [3.63, 3.8) is 0 Å². The summed E-state index contributed by atoms with van der Waals surface area (Å²) >= 11 is 0. The zero-order valence-electron chi connectivity index (χ0n) is 13.2. The van der Waals surface area contributed by atoms with Gasteiger partial charge in [-0.2, -0.15) is 0 Å². The van der Waals surface area contributed by atoms with Gasteiger partial charge in [0.2, 0.25) is 6.79 Å². The highest BCUT2D eigenvalue weighted by atomic mass is 16.7. The Balaban J connectivity index is 1.43. The van der Waals surface area contributed by atoms with Gasteiger partial charge in [-0.1, -0.05) is 0 Å². The molecule has 3 N–H and O–H groups in total. The number of aliphatic hydroxyl groups excluding tert-OH is 1. The van der Waals surface area contributed by atoms with Gasteiger partial charge in [-0.3, -0.25) is 0 Å². The molecule has 126 valence electrons. The number of hydrogen-bond acceptors (Lipinski definition) is 7. The van der Waals surface area contributed by atoms with Crippen molar-refractivity contribution in [1.82, 2.24) is 9.97 Å². The van der Waals surface area contributed by atoms with E-state index in [1.807, 2.05) is 24.3 Å². The molecule has 0 bridgehead atoms. The van der Waals surface area contributed by atoms with Crippen LogP contribution in [0.4, 0.5) is 17.3 Å². The van der Waals surface area contributed by atoms with Gasteiger partial charge in [0.15, 0.2) is 11.5 Å². The van der Waals surface area contributed by atoms with Crippen molar-refractivity contribution in [2.24, 2.45) is 0 Å². The SMILES string of the molecule is OC1CCC(Nc2cc(Nc3ccc4c(c3)OCO4)ncn2)CC1. The van der Waals surface area contributed by atoms with Gasteiger partial charge in [-0.25, -0.2) is 9.97 Å². The van der Waals surface area contributed by atoms with Gasteiger partial charge in [-0.05, 0) is 37.8 Å². The fraction of sp³-hybridized carbons (Fsp3) is 0.412. The minimum absolute atomic E-state index is 0.156. The lowest BCUT2D eigenvalue weighted by molar-refractivity contribution is 0.126. The Morgan fingerprint density at radius 1 is 0.958 bits per heavy atom. The Morgan fingerprint density at radius 3 is 2.62 bits per heavy atom. The summed E-state index contributed by atoms with van der Waals surface area (Å²) in [5, 5.41) is 16.3. The molecule has 2 aromatic rings. The van der Waals surface area contributed by atoms with E-state index in [4.69, 9.17) is 9.47 Å². The Morgan fingerprint density at radius 2 is 1.75 bits per heavy atom. The highest BCUT2D eigenvalue weighted by Crippen LogP contribution is 2.35. The third kappa shape index (κ3) is 3.35. The lowest BCUT2D eigenvalue weighted by atomic mass is 9.93. The van der Waals surface area contributed by atoms with Gasteiger partial charge < -0.3 is 25.2 Å². The second kappa shape index (κ2) is 6.52. The Hall–Kier alpha value is -2.54. The van der Waals surface area contributed by atoms with Crippen LogP contribution in [0, 0.1) is 0 Å². The molecule has 1 aromatic heterocycles. The topological polar surface area (TPSA) is 88.5 Å². The molecule has 2 heterocycles. The van der Waals surface area contributed by atoms with Crippen molar-refractivity contribution in [2.75, 3.05) is 17.4 Å². The summed E-state index contributed by atoms with van der Waals surface area (Å²) in [6.07, 6.45) is 4.97. The lowest BCUT2D eigenvalue weighted by Gasteiger charge is -2.26. The van der Waals surface area contributed by atoms with E-state index >= 15 is 0 Å². The maximum atomic E-state index is 9.59. The van der Waals surface area contributed by atoms with Crippen molar-refractivity contribution in [2.45, 2.75) is 37.8 Å². The van der Waals surface area contributed by atoms with E-state index in [0.717, 1.165) is 48.7 Å². The molecule has 24 heavy (non-hydrogen) atoms. The minimum Gasteiger partial charge on any atom is -0.454 e. The molecule has 1 aliphatic heterocycles. The van der Waals surface area contributed by atoms with Crippen molar-refractivity contribution in [3.05, 3.63) is 30.6 Å². The van der Waals surface area contributed by atoms with Crippen LogP contribution in [0.25, 0.3) is 0 Å². The van der Waals surface area contributed by atoms with Crippen LogP contribution >= 0.6 is 0 Å². The molecule has 7 heteroatoms. The lowest BCUT2D eigenvalue weighted by Crippen LogP contribution is -2.28. The monoisotopic (exact) mass is 328 g/mol. The van der Waals surface area contributed by atoms with Crippen LogP contribution in [0.3, 0.4) is 0 Å². The van der Waals surface area contributed by atoms with Crippen molar-refractivity contribution in [1.29, 1.82) is 0 Å². The van der Waals surface area contributed by atoms with Gasteiger partial charge in [0.1, 0.15) is 18.0 Å². The van der Waals surface area contributed by atoms with Crippen LogP contribution in [-0.4, -0.2) is 34.0 Å². The average Bonchev–Trinajstić information content (AvgIpc) is 3.05. The maximum Gasteiger partial charge on any atom is 0.231 e. The first-order valence-corrected chi connectivity index (χ1v) is 8.19. The van der Waals surface area contributed by atoms with Gasteiger partial charge in [-0.15, -0.1) is 0 Å². The maximum absolute atomic E-state index is 9.59. The van der Waals surface area contributed by atoms with Crippen LogP contribution in [0.5, 0.6) is 11.5 Å². The molecule has 7 nitrogen and oxygen atoms in total. The van der Waals surface area contributed by atoms with Crippen LogP contribution in [0.1, 0.15) is 25.7 Å². The van der Waals surface area contributed by atoms with E-state index in [1.54, 1.807) is 0 Å². The Bertz CT molecular complexity index is 717. The Kier molecular flexibility index (Phi) is 4.08. The summed E-state index contributed by atoms with van der Waals surface area (Å²) in [4.78, 5) is 8.54. The third-order valence-corrected chi connectivity index (χ3v) is 4.36. The average molecular weight is 328 g/mol. The van der Waals surface area contributed by atoms with E-state index in [0.29, 0.717) is 11.9 Å². The molecule has 2 aliphatic rings. The van der Waals surface area contributed by atoms with Gasteiger partial charge in [0.05, 0.1) is 6.10 Å². The summed E-state index contributed by atoms with van der Waals surface area (Å²) in [6, 6.07) is 7.92. The van der Waals surface area contributed by atoms with E-state index < -0.39 is 0 Å². The van der Waals surface area contributed by atoms with Gasteiger partial charge >= 0.3 is 0 Å². The molecule has 1 aliphatic carbocycles. The second-order valence-corrected chi connectivity index (χ2v) is 6.13. The molecule has 0 radical (unpaired) electrons. The molecule has 1 fully saturated rings.